The molecule has 74 valence electrons. The predicted molar refractivity (Wildman–Crippen MR) is 60.2 cm³/mol. The van der Waals surface area contributed by atoms with Crippen LogP contribution in [0.1, 0.15) is 36.8 Å². The van der Waals surface area contributed by atoms with Crippen molar-refractivity contribution in [2.75, 3.05) is 0 Å². The molecule has 2 atom stereocenters. The van der Waals surface area contributed by atoms with E-state index < -0.39 is 0 Å². The minimum absolute atomic E-state index is 0.169. The second kappa shape index (κ2) is 3.25. The Kier molecular flexibility index (Phi) is 2.20. The van der Waals surface area contributed by atoms with Gasteiger partial charge in [0.2, 0.25) is 0 Å². The number of nitrogens with two attached hydrogens (primary N) is 1. The first kappa shape index (κ1) is 9.47. The molecule has 0 unspecified atom stereocenters. The zero-order valence-electron chi connectivity index (χ0n) is 8.66. The number of benzene rings is 1. The SMILES string of the molecule is C=CC[C@]1(N)C[C@@H](C)c2ccccc21. The van der Waals surface area contributed by atoms with Gasteiger partial charge in [0.15, 0.2) is 0 Å². The van der Waals surface area contributed by atoms with Crippen LogP contribution in [0.25, 0.3) is 0 Å². The third kappa shape index (κ3) is 1.28. The quantitative estimate of drug-likeness (QED) is 0.708. The fourth-order valence-electron chi connectivity index (χ4n) is 2.60. The molecule has 2 rings (SSSR count). The van der Waals surface area contributed by atoms with Crippen LogP contribution in [0.5, 0.6) is 0 Å². The predicted octanol–water partition coefficient (Wildman–Crippen LogP) is 2.92. The van der Waals surface area contributed by atoms with E-state index in [1.165, 1.54) is 11.1 Å². The lowest BCUT2D eigenvalue weighted by atomic mass is 9.89. The van der Waals surface area contributed by atoms with Crippen molar-refractivity contribution in [1.29, 1.82) is 0 Å². The third-order valence-corrected chi connectivity index (χ3v) is 3.21. The summed E-state index contributed by atoms with van der Waals surface area (Å²) in [6, 6.07) is 8.51. The summed E-state index contributed by atoms with van der Waals surface area (Å²) in [5.41, 5.74) is 8.96. The maximum atomic E-state index is 6.40. The molecule has 1 nitrogen and oxygen atoms in total. The summed E-state index contributed by atoms with van der Waals surface area (Å²) in [6.07, 6.45) is 3.83. The van der Waals surface area contributed by atoms with Crippen LogP contribution in [0.2, 0.25) is 0 Å². The fourth-order valence-corrected chi connectivity index (χ4v) is 2.60. The summed E-state index contributed by atoms with van der Waals surface area (Å²) in [5.74, 6) is 0.580. The molecule has 1 aromatic rings. The molecule has 1 aromatic carbocycles. The lowest BCUT2D eigenvalue weighted by Gasteiger charge is -2.23. The molecule has 0 spiro atoms. The van der Waals surface area contributed by atoms with Crippen LogP contribution in [0.3, 0.4) is 0 Å². The zero-order valence-corrected chi connectivity index (χ0v) is 8.66. The van der Waals surface area contributed by atoms with Crippen molar-refractivity contribution in [1.82, 2.24) is 0 Å². The van der Waals surface area contributed by atoms with Crippen molar-refractivity contribution in [3.8, 4) is 0 Å². The highest BCUT2D eigenvalue weighted by Crippen LogP contribution is 2.44. The molecular formula is C13H17N. The zero-order chi connectivity index (χ0) is 10.2. The summed E-state index contributed by atoms with van der Waals surface area (Å²) >= 11 is 0. The van der Waals surface area contributed by atoms with E-state index in [1.807, 2.05) is 6.08 Å². The lowest BCUT2D eigenvalue weighted by molar-refractivity contribution is 0.425. The first-order valence-electron chi connectivity index (χ1n) is 5.16. The molecule has 0 fully saturated rings. The van der Waals surface area contributed by atoms with Crippen LogP contribution in [-0.2, 0) is 5.54 Å². The van der Waals surface area contributed by atoms with Gasteiger partial charge in [-0.15, -0.1) is 6.58 Å². The number of fused-ring (bicyclic) bond motifs is 1. The Labute approximate surface area is 85.6 Å². The van der Waals surface area contributed by atoms with Crippen molar-refractivity contribution >= 4 is 0 Å². The van der Waals surface area contributed by atoms with Gasteiger partial charge in [-0.1, -0.05) is 37.3 Å². The normalized spacial score (nSPS) is 30.0. The highest BCUT2D eigenvalue weighted by atomic mass is 14.8. The number of hydrogen-bond donors (Lipinski definition) is 1. The van der Waals surface area contributed by atoms with Crippen molar-refractivity contribution in [3.05, 3.63) is 48.0 Å². The smallest absolute Gasteiger partial charge is 0.0452 e. The van der Waals surface area contributed by atoms with Gasteiger partial charge in [-0.05, 0) is 29.9 Å². The Morgan fingerprint density at radius 3 is 3.00 bits per heavy atom. The largest absolute Gasteiger partial charge is 0.321 e. The molecule has 0 saturated heterocycles. The van der Waals surface area contributed by atoms with Gasteiger partial charge in [-0.2, -0.15) is 0 Å². The van der Waals surface area contributed by atoms with E-state index >= 15 is 0 Å². The lowest BCUT2D eigenvalue weighted by Crippen LogP contribution is -2.33. The monoisotopic (exact) mass is 187 g/mol. The Morgan fingerprint density at radius 1 is 1.57 bits per heavy atom. The van der Waals surface area contributed by atoms with Gasteiger partial charge in [0, 0.05) is 5.54 Å². The first-order chi connectivity index (χ1) is 6.67. The van der Waals surface area contributed by atoms with Crippen molar-refractivity contribution < 1.29 is 0 Å². The molecular weight excluding hydrogens is 170 g/mol. The van der Waals surface area contributed by atoms with Gasteiger partial charge in [0.25, 0.3) is 0 Å². The van der Waals surface area contributed by atoms with Crippen LogP contribution >= 0.6 is 0 Å². The number of rotatable bonds is 2. The molecule has 2 N–H and O–H groups in total. The highest BCUT2D eigenvalue weighted by Gasteiger charge is 2.37. The average molecular weight is 187 g/mol. The minimum atomic E-state index is -0.169. The standard InChI is InChI=1S/C13H17N/c1-3-8-13(14)9-10(2)11-6-4-5-7-12(11)13/h3-7,10H,1,8-9,14H2,2H3/t10-,13+/m1/s1. The van der Waals surface area contributed by atoms with Gasteiger partial charge in [-0.3, -0.25) is 0 Å². The van der Waals surface area contributed by atoms with Gasteiger partial charge in [-0.25, -0.2) is 0 Å². The van der Waals surface area contributed by atoms with Gasteiger partial charge in [0.1, 0.15) is 0 Å². The molecule has 0 saturated carbocycles. The molecule has 0 radical (unpaired) electrons. The van der Waals surface area contributed by atoms with Crippen LogP contribution in [0.15, 0.2) is 36.9 Å². The van der Waals surface area contributed by atoms with E-state index in [2.05, 4.69) is 37.8 Å². The van der Waals surface area contributed by atoms with Gasteiger partial charge in [0.05, 0.1) is 0 Å². The highest BCUT2D eigenvalue weighted by molar-refractivity contribution is 5.41. The molecule has 0 aromatic heterocycles. The Balaban J connectivity index is 2.47. The Morgan fingerprint density at radius 2 is 2.29 bits per heavy atom. The second-order valence-electron chi connectivity index (χ2n) is 4.34. The van der Waals surface area contributed by atoms with E-state index in [1.54, 1.807) is 0 Å². The second-order valence-corrected chi connectivity index (χ2v) is 4.34. The molecule has 0 heterocycles. The van der Waals surface area contributed by atoms with Gasteiger partial charge < -0.3 is 5.73 Å². The topological polar surface area (TPSA) is 26.0 Å². The molecule has 0 amide bonds. The molecule has 1 aliphatic carbocycles. The van der Waals surface area contributed by atoms with Gasteiger partial charge >= 0.3 is 0 Å². The van der Waals surface area contributed by atoms with E-state index in [0.29, 0.717) is 5.92 Å². The number of hydrogen-bond acceptors (Lipinski definition) is 1. The molecule has 1 heteroatoms. The Bertz CT molecular complexity index is 356. The Hall–Kier alpha value is -1.08. The first-order valence-corrected chi connectivity index (χ1v) is 5.16. The van der Waals surface area contributed by atoms with E-state index in [4.69, 9.17) is 5.73 Å². The van der Waals surface area contributed by atoms with Crippen molar-refractivity contribution in [3.63, 3.8) is 0 Å². The third-order valence-electron chi connectivity index (χ3n) is 3.21. The summed E-state index contributed by atoms with van der Waals surface area (Å²) in [6.45, 7) is 6.03. The van der Waals surface area contributed by atoms with Crippen molar-refractivity contribution in [2.45, 2.75) is 31.2 Å². The maximum Gasteiger partial charge on any atom is 0.0452 e. The molecule has 1 aliphatic rings. The van der Waals surface area contributed by atoms with Crippen LogP contribution < -0.4 is 5.73 Å². The van der Waals surface area contributed by atoms with E-state index in [9.17, 15) is 0 Å². The fraction of sp³-hybridized carbons (Fsp3) is 0.385. The minimum Gasteiger partial charge on any atom is -0.321 e. The van der Waals surface area contributed by atoms with Crippen LogP contribution in [0, 0.1) is 0 Å². The van der Waals surface area contributed by atoms with Crippen LogP contribution in [0.4, 0.5) is 0 Å². The molecule has 14 heavy (non-hydrogen) atoms. The maximum absolute atomic E-state index is 6.40. The average Bonchev–Trinajstić information content (AvgIpc) is 2.41. The van der Waals surface area contributed by atoms with Crippen molar-refractivity contribution in [2.24, 2.45) is 5.73 Å². The van der Waals surface area contributed by atoms with E-state index in [0.717, 1.165) is 12.8 Å². The summed E-state index contributed by atoms with van der Waals surface area (Å²) in [5, 5.41) is 0. The summed E-state index contributed by atoms with van der Waals surface area (Å²) in [4.78, 5) is 0. The van der Waals surface area contributed by atoms with E-state index in [-0.39, 0.29) is 5.54 Å². The summed E-state index contributed by atoms with van der Waals surface area (Å²) < 4.78 is 0. The van der Waals surface area contributed by atoms with Crippen LogP contribution in [-0.4, -0.2) is 0 Å². The summed E-state index contributed by atoms with van der Waals surface area (Å²) in [7, 11) is 0. The molecule has 0 bridgehead atoms. The molecule has 0 aliphatic heterocycles.